The van der Waals surface area contributed by atoms with Crippen LogP contribution in [0.1, 0.15) is 12.8 Å². The van der Waals surface area contributed by atoms with Crippen LogP contribution in [0.25, 0.3) is 0 Å². The van der Waals surface area contributed by atoms with Crippen LogP contribution in [-0.2, 0) is 9.59 Å². The molecule has 1 saturated carbocycles. The van der Waals surface area contributed by atoms with E-state index in [1.54, 1.807) is 0 Å². The third-order valence-corrected chi connectivity index (χ3v) is 3.44. The number of carbonyl (C=O) groups excluding carboxylic acids is 2. The van der Waals surface area contributed by atoms with Gasteiger partial charge in [0.15, 0.2) is 0 Å². The molecule has 2 rings (SSSR count). The van der Waals surface area contributed by atoms with Crippen LogP contribution >= 0.6 is 23.2 Å². The van der Waals surface area contributed by atoms with Gasteiger partial charge in [-0.3, -0.25) is 9.59 Å². The Balaban J connectivity index is 2.33. The first kappa shape index (κ1) is 9.22. The summed E-state index contributed by atoms with van der Waals surface area (Å²) in [5.41, 5.74) is 1.00. The van der Waals surface area contributed by atoms with Gasteiger partial charge in [-0.05, 0) is 42.0 Å². The summed E-state index contributed by atoms with van der Waals surface area (Å²) in [5, 5.41) is -0.875. The Kier molecular flexibility index (Phi) is 2.20. The fourth-order valence-electron chi connectivity index (χ4n) is 2.41. The molecule has 2 nitrogen and oxygen atoms in total. The highest BCUT2D eigenvalue weighted by Gasteiger charge is 2.48. The fraction of sp³-hybridized carbons (Fsp3) is 0.556. The van der Waals surface area contributed by atoms with E-state index in [2.05, 4.69) is 0 Å². The number of hydrogen-bond donors (Lipinski definition) is 0. The molecule has 1 unspecified atom stereocenters. The standard InChI is InChI=1S/C9H8Cl2O2/c10-8(12)6-4-1-2-5(3-4)7(6)9(11)13/h1,5-7H,2-3H2/t5?,6-,7-/m1/s1. The molecule has 0 heterocycles. The number of allylic oxidation sites excluding steroid dienone is 2. The van der Waals surface area contributed by atoms with Crippen LogP contribution in [0.15, 0.2) is 11.6 Å². The van der Waals surface area contributed by atoms with Gasteiger partial charge in [-0.2, -0.15) is 0 Å². The lowest BCUT2D eigenvalue weighted by Gasteiger charge is -2.20. The maximum Gasteiger partial charge on any atom is 0.229 e. The highest BCUT2D eigenvalue weighted by Crippen LogP contribution is 2.50. The monoisotopic (exact) mass is 218 g/mol. The van der Waals surface area contributed by atoms with E-state index >= 15 is 0 Å². The van der Waals surface area contributed by atoms with Crippen molar-refractivity contribution in [3.05, 3.63) is 11.6 Å². The average Bonchev–Trinajstić information content (AvgIpc) is 2.60. The molecular weight excluding hydrogens is 211 g/mol. The smallest absolute Gasteiger partial charge is 0.229 e. The Morgan fingerprint density at radius 3 is 2.46 bits per heavy atom. The summed E-state index contributed by atoms with van der Waals surface area (Å²) in [7, 11) is 0. The first-order valence-electron chi connectivity index (χ1n) is 4.19. The van der Waals surface area contributed by atoms with E-state index in [1.165, 1.54) is 0 Å². The summed E-state index contributed by atoms with van der Waals surface area (Å²) in [6.45, 7) is 0. The molecule has 2 aliphatic rings. The minimum Gasteiger partial charge on any atom is -0.281 e. The van der Waals surface area contributed by atoms with Gasteiger partial charge in [-0.25, -0.2) is 0 Å². The number of carbonyl (C=O) groups is 2. The van der Waals surface area contributed by atoms with Crippen molar-refractivity contribution in [3.63, 3.8) is 0 Å². The predicted molar refractivity (Wildman–Crippen MR) is 49.5 cm³/mol. The largest absolute Gasteiger partial charge is 0.281 e. The molecule has 3 atom stereocenters. The molecule has 4 heteroatoms. The van der Waals surface area contributed by atoms with Crippen molar-refractivity contribution in [2.75, 3.05) is 0 Å². The van der Waals surface area contributed by atoms with Gasteiger partial charge < -0.3 is 0 Å². The van der Waals surface area contributed by atoms with Gasteiger partial charge in [0.1, 0.15) is 0 Å². The second kappa shape index (κ2) is 3.10. The van der Waals surface area contributed by atoms with Gasteiger partial charge in [0, 0.05) is 0 Å². The summed E-state index contributed by atoms with van der Waals surface area (Å²) >= 11 is 10.9. The minimum atomic E-state index is -0.451. The molecule has 0 spiro atoms. The summed E-state index contributed by atoms with van der Waals surface area (Å²) in [6, 6.07) is 0. The molecule has 0 amide bonds. The molecule has 0 aromatic heterocycles. The van der Waals surface area contributed by atoms with Crippen LogP contribution in [0.3, 0.4) is 0 Å². The zero-order valence-electron chi connectivity index (χ0n) is 6.80. The molecule has 2 bridgehead atoms. The second-order valence-corrected chi connectivity index (χ2v) is 4.34. The van der Waals surface area contributed by atoms with Crippen molar-refractivity contribution in [3.8, 4) is 0 Å². The SMILES string of the molecule is O=C(Cl)[C@@H]1C2=CCC(C2)[C@H]1C(=O)Cl. The lowest BCUT2D eigenvalue weighted by Crippen LogP contribution is -2.27. The van der Waals surface area contributed by atoms with Gasteiger partial charge in [-0.15, -0.1) is 0 Å². The van der Waals surface area contributed by atoms with Crippen molar-refractivity contribution in [1.82, 2.24) is 0 Å². The highest BCUT2D eigenvalue weighted by molar-refractivity contribution is 6.67. The lowest BCUT2D eigenvalue weighted by molar-refractivity contribution is -0.123. The van der Waals surface area contributed by atoms with Gasteiger partial charge >= 0.3 is 0 Å². The molecule has 13 heavy (non-hydrogen) atoms. The van der Waals surface area contributed by atoms with E-state index in [0.29, 0.717) is 0 Å². The fourth-order valence-corrected chi connectivity index (χ4v) is 2.99. The Labute approximate surface area is 85.9 Å². The van der Waals surface area contributed by atoms with Gasteiger partial charge in [0.05, 0.1) is 11.8 Å². The zero-order chi connectivity index (χ0) is 9.59. The molecule has 1 fully saturated rings. The Hall–Kier alpha value is -0.340. The summed E-state index contributed by atoms with van der Waals surface area (Å²) < 4.78 is 0. The Bertz CT molecular complexity index is 309. The van der Waals surface area contributed by atoms with Crippen molar-refractivity contribution in [2.45, 2.75) is 12.8 Å². The molecule has 0 aliphatic heterocycles. The van der Waals surface area contributed by atoms with Crippen LogP contribution in [-0.4, -0.2) is 10.5 Å². The van der Waals surface area contributed by atoms with E-state index in [0.717, 1.165) is 18.4 Å². The van der Waals surface area contributed by atoms with Crippen molar-refractivity contribution < 1.29 is 9.59 Å². The van der Waals surface area contributed by atoms with E-state index in [-0.39, 0.29) is 11.8 Å². The van der Waals surface area contributed by atoms with Crippen LogP contribution in [0.5, 0.6) is 0 Å². The first-order chi connectivity index (χ1) is 6.11. The van der Waals surface area contributed by atoms with Crippen LogP contribution in [0.2, 0.25) is 0 Å². The normalized spacial score (nSPS) is 36.2. The van der Waals surface area contributed by atoms with Gasteiger partial charge in [0.2, 0.25) is 10.5 Å². The maximum atomic E-state index is 11.1. The number of halogens is 2. The summed E-state index contributed by atoms with van der Waals surface area (Å²) in [4.78, 5) is 22.1. The number of rotatable bonds is 2. The van der Waals surface area contributed by atoms with E-state index in [1.807, 2.05) is 6.08 Å². The van der Waals surface area contributed by atoms with E-state index < -0.39 is 16.4 Å². The molecule has 0 aromatic rings. The van der Waals surface area contributed by atoms with Crippen molar-refractivity contribution >= 4 is 33.7 Å². The third-order valence-electron chi connectivity index (χ3n) is 2.95. The average molecular weight is 219 g/mol. The molecule has 0 aromatic carbocycles. The lowest BCUT2D eigenvalue weighted by atomic mass is 9.85. The quantitative estimate of drug-likeness (QED) is 0.526. The van der Waals surface area contributed by atoms with E-state index in [4.69, 9.17) is 23.2 Å². The minimum absolute atomic E-state index is 0.215. The summed E-state index contributed by atoms with van der Waals surface area (Å²) in [6.07, 6.45) is 3.68. The molecule has 0 N–H and O–H groups in total. The Morgan fingerprint density at radius 2 is 2.00 bits per heavy atom. The highest BCUT2D eigenvalue weighted by atomic mass is 35.5. The van der Waals surface area contributed by atoms with Crippen LogP contribution in [0.4, 0.5) is 0 Å². The van der Waals surface area contributed by atoms with Gasteiger partial charge in [0.25, 0.3) is 0 Å². The first-order valence-corrected chi connectivity index (χ1v) is 4.94. The molecule has 0 radical (unpaired) electrons. The second-order valence-electron chi connectivity index (χ2n) is 3.59. The number of hydrogen-bond acceptors (Lipinski definition) is 2. The predicted octanol–water partition coefficient (Wildman–Crippen LogP) is 2.10. The third kappa shape index (κ3) is 1.32. The Morgan fingerprint density at radius 1 is 1.31 bits per heavy atom. The zero-order valence-corrected chi connectivity index (χ0v) is 8.31. The van der Waals surface area contributed by atoms with Crippen LogP contribution < -0.4 is 0 Å². The topological polar surface area (TPSA) is 34.1 Å². The molecule has 0 saturated heterocycles. The van der Waals surface area contributed by atoms with Crippen molar-refractivity contribution in [2.24, 2.45) is 17.8 Å². The van der Waals surface area contributed by atoms with Crippen molar-refractivity contribution in [1.29, 1.82) is 0 Å². The van der Waals surface area contributed by atoms with E-state index in [9.17, 15) is 9.59 Å². The van der Waals surface area contributed by atoms with Gasteiger partial charge in [-0.1, -0.05) is 11.6 Å². The molecule has 2 aliphatic carbocycles. The van der Waals surface area contributed by atoms with Crippen LogP contribution in [0, 0.1) is 17.8 Å². The maximum absolute atomic E-state index is 11.1. The molecular formula is C9H8Cl2O2. The summed E-state index contributed by atoms with van der Waals surface area (Å²) in [5.74, 6) is -0.593. The number of fused-ring (bicyclic) bond motifs is 2. The molecule has 70 valence electrons.